The molecule has 0 aromatic rings. The van der Waals surface area contributed by atoms with Crippen molar-refractivity contribution in [3.63, 3.8) is 0 Å². The van der Waals surface area contributed by atoms with Crippen molar-refractivity contribution >= 4 is 0 Å². The van der Waals surface area contributed by atoms with E-state index in [2.05, 4.69) is 11.8 Å². The van der Waals surface area contributed by atoms with Gasteiger partial charge in [0, 0.05) is 12.1 Å². The molecule has 13 heavy (non-hydrogen) atoms. The van der Waals surface area contributed by atoms with E-state index in [-0.39, 0.29) is 5.60 Å². The second-order valence-electron chi connectivity index (χ2n) is 5.03. The van der Waals surface area contributed by atoms with E-state index in [0.717, 1.165) is 12.8 Å². The zero-order chi connectivity index (χ0) is 9.47. The van der Waals surface area contributed by atoms with Crippen molar-refractivity contribution in [1.82, 2.24) is 4.90 Å². The summed E-state index contributed by atoms with van der Waals surface area (Å²) in [7, 11) is 0. The minimum atomic E-state index is -0.379. The Morgan fingerprint density at radius 1 is 1.31 bits per heavy atom. The first-order chi connectivity index (χ1) is 6.12. The van der Waals surface area contributed by atoms with Crippen LogP contribution in [0, 0.1) is 0 Å². The molecule has 2 unspecified atom stereocenters. The van der Waals surface area contributed by atoms with Crippen LogP contribution in [0.4, 0.5) is 0 Å². The fourth-order valence-corrected chi connectivity index (χ4v) is 3.18. The molecule has 1 N–H and O–H groups in total. The molecule has 2 heteroatoms. The quantitative estimate of drug-likeness (QED) is 0.705. The van der Waals surface area contributed by atoms with Crippen molar-refractivity contribution in [3.8, 4) is 0 Å². The number of rotatable bonds is 2. The van der Waals surface area contributed by atoms with Crippen LogP contribution in [0.5, 0.6) is 0 Å². The Balaban J connectivity index is 2.04. The monoisotopic (exact) mass is 183 g/mol. The molecule has 2 atom stereocenters. The number of hydrogen-bond donors (Lipinski definition) is 1. The molecule has 2 nitrogen and oxygen atoms in total. The molecule has 0 radical (unpaired) electrons. The van der Waals surface area contributed by atoms with Crippen molar-refractivity contribution in [2.24, 2.45) is 0 Å². The topological polar surface area (TPSA) is 23.5 Å². The first-order valence-electron chi connectivity index (χ1n) is 5.60. The molecule has 2 fully saturated rings. The second kappa shape index (κ2) is 3.25. The van der Waals surface area contributed by atoms with Gasteiger partial charge < -0.3 is 5.11 Å². The van der Waals surface area contributed by atoms with Crippen LogP contribution in [0.15, 0.2) is 0 Å². The van der Waals surface area contributed by atoms with Crippen LogP contribution < -0.4 is 0 Å². The molecule has 2 aliphatic heterocycles. The Morgan fingerprint density at radius 3 is 2.31 bits per heavy atom. The van der Waals surface area contributed by atoms with Gasteiger partial charge in [-0.3, -0.25) is 4.90 Å². The summed E-state index contributed by atoms with van der Waals surface area (Å²) >= 11 is 0. The van der Waals surface area contributed by atoms with Gasteiger partial charge in [-0.15, -0.1) is 0 Å². The predicted molar refractivity (Wildman–Crippen MR) is 53.7 cm³/mol. The van der Waals surface area contributed by atoms with E-state index in [0.29, 0.717) is 12.1 Å². The second-order valence-corrected chi connectivity index (χ2v) is 5.03. The van der Waals surface area contributed by atoms with Crippen LogP contribution >= 0.6 is 0 Å². The summed E-state index contributed by atoms with van der Waals surface area (Å²) in [6.45, 7) is 5.47. The highest BCUT2D eigenvalue weighted by atomic mass is 16.3. The molecule has 0 aliphatic carbocycles. The van der Waals surface area contributed by atoms with E-state index >= 15 is 0 Å². The maximum atomic E-state index is 10.0. The van der Waals surface area contributed by atoms with E-state index < -0.39 is 0 Å². The van der Waals surface area contributed by atoms with E-state index in [1.54, 1.807) is 0 Å². The number of fused-ring (bicyclic) bond motifs is 2. The smallest absolute Gasteiger partial charge is 0.0649 e. The summed E-state index contributed by atoms with van der Waals surface area (Å²) < 4.78 is 0. The highest BCUT2D eigenvalue weighted by Gasteiger charge is 2.44. The highest BCUT2D eigenvalue weighted by molar-refractivity contribution is 4.99. The molecule has 2 aliphatic rings. The molecule has 2 rings (SSSR count). The maximum absolute atomic E-state index is 10.0. The van der Waals surface area contributed by atoms with E-state index in [9.17, 15) is 5.11 Å². The van der Waals surface area contributed by atoms with Gasteiger partial charge in [-0.2, -0.15) is 0 Å². The summed E-state index contributed by atoms with van der Waals surface area (Å²) in [5, 5.41) is 10.0. The Hall–Kier alpha value is -0.0800. The number of piperidine rings is 1. The van der Waals surface area contributed by atoms with Crippen molar-refractivity contribution < 1.29 is 5.11 Å². The molecule has 2 heterocycles. The molecular formula is C11H21NO. The molecule has 0 aromatic heterocycles. The van der Waals surface area contributed by atoms with E-state index in [1.807, 2.05) is 6.92 Å². The molecule has 2 saturated heterocycles. The van der Waals surface area contributed by atoms with E-state index in [4.69, 9.17) is 0 Å². The van der Waals surface area contributed by atoms with Crippen LogP contribution in [0.1, 0.15) is 46.0 Å². The average Bonchev–Trinajstić information content (AvgIpc) is 2.31. The Bertz CT molecular complexity index is 175. The lowest BCUT2D eigenvalue weighted by Crippen LogP contribution is -2.49. The van der Waals surface area contributed by atoms with E-state index in [1.165, 1.54) is 25.8 Å². The third kappa shape index (κ3) is 1.75. The number of hydrogen-bond acceptors (Lipinski definition) is 2. The summed E-state index contributed by atoms with van der Waals surface area (Å²) in [4.78, 5) is 2.62. The number of nitrogens with zero attached hydrogens (tertiary/aromatic N) is 1. The van der Waals surface area contributed by atoms with Gasteiger partial charge in [0.1, 0.15) is 0 Å². The minimum absolute atomic E-state index is 0.379. The van der Waals surface area contributed by atoms with Crippen molar-refractivity contribution in [1.29, 1.82) is 0 Å². The summed E-state index contributed by atoms with van der Waals surface area (Å²) in [6.07, 6.45) is 5.84. The molecule has 0 aromatic carbocycles. The van der Waals surface area contributed by atoms with Crippen LogP contribution in [-0.4, -0.2) is 34.2 Å². The summed E-state index contributed by atoms with van der Waals surface area (Å²) in [5.74, 6) is 0. The van der Waals surface area contributed by atoms with Gasteiger partial charge in [-0.25, -0.2) is 0 Å². The standard InChI is InChI=1S/C11H21NO/c1-3-6-12-9-4-5-10(12)8-11(2,13)7-9/h9-10,13H,3-8H2,1-2H3. The predicted octanol–water partition coefficient (Wildman–Crippen LogP) is 1.77. The van der Waals surface area contributed by atoms with Gasteiger partial charge in [0.05, 0.1) is 5.60 Å². The Labute approximate surface area is 80.9 Å². The van der Waals surface area contributed by atoms with Gasteiger partial charge >= 0.3 is 0 Å². The largest absolute Gasteiger partial charge is 0.390 e. The summed E-state index contributed by atoms with van der Waals surface area (Å²) in [6, 6.07) is 1.35. The zero-order valence-electron chi connectivity index (χ0n) is 8.79. The van der Waals surface area contributed by atoms with Crippen molar-refractivity contribution in [2.45, 2.75) is 63.6 Å². The van der Waals surface area contributed by atoms with Crippen molar-refractivity contribution in [3.05, 3.63) is 0 Å². The third-order valence-corrected chi connectivity index (χ3v) is 3.60. The highest BCUT2D eigenvalue weighted by Crippen LogP contribution is 2.40. The molecule has 0 saturated carbocycles. The van der Waals surface area contributed by atoms with Gasteiger partial charge in [-0.05, 0) is 45.6 Å². The first kappa shape index (κ1) is 9.47. The molecule has 2 bridgehead atoms. The minimum Gasteiger partial charge on any atom is -0.390 e. The normalized spacial score (nSPS) is 45.5. The van der Waals surface area contributed by atoms with Crippen LogP contribution in [0.25, 0.3) is 0 Å². The van der Waals surface area contributed by atoms with Gasteiger partial charge in [-0.1, -0.05) is 6.92 Å². The average molecular weight is 183 g/mol. The fraction of sp³-hybridized carbons (Fsp3) is 1.00. The summed E-state index contributed by atoms with van der Waals surface area (Å²) in [5.41, 5.74) is -0.379. The maximum Gasteiger partial charge on any atom is 0.0649 e. The fourth-order valence-electron chi connectivity index (χ4n) is 3.18. The molecule has 76 valence electrons. The molecule has 0 amide bonds. The Kier molecular flexibility index (Phi) is 2.37. The van der Waals surface area contributed by atoms with Gasteiger partial charge in [0.2, 0.25) is 0 Å². The van der Waals surface area contributed by atoms with Gasteiger partial charge in [0.15, 0.2) is 0 Å². The zero-order valence-corrected chi connectivity index (χ0v) is 8.79. The first-order valence-corrected chi connectivity index (χ1v) is 5.60. The third-order valence-electron chi connectivity index (χ3n) is 3.60. The number of aliphatic hydroxyl groups is 1. The Morgan fingerprint density at radius 2 is 1.85 bits per heavy atom. The lowest BCUT2D eigenvalue weighted by molar-refractivity contribution is -0.0381. The lowest BCUT2D eigenvalue weighted by atomic mass is 9.88. The van der Waals surface area contributed by atoms with Crippen LogP contribution in [-0.2, 0) is 0 Å². The van der Waals surface area contributed by atoms with Gasteiger partial charge in [0.25, 0.3) is 0 Å². The van der Waals surface area contributed by atoms with Crippen molar-refractivity contribution in [2.75, 3.05) is 6.54 Å². The van der Waals surface area contributed by atoms with Crippen LogP contribution in [0.2, 0.25) is 0 Å². The molecule has 0 spiro atoms. The van der Waals surface area contributed by atoms with Crippen LogP contribution in [0.3, 0.4) is 0 Å². The lowest BCUT2D eigenvalue weighted by Gasteiger charge is -2.42. The SMILES string of the molecule is CCCN1C2CCC1CC(C)(O)C2. The molecular weight excluding hydrogens is 162 g/mol.